The number of benzene rings is 6. The third-order valence-corrected chi connectivity index (χ3v) is 10.4. The Morgan fingerprint density at radius 1 is 0.729 bits per heavy atom. The van der Waals surface area contributed by atoms with Gasteiger partial charge in [-0.1, -0.05) is 91.0 Å². The second-order valence-electron chi connectivity index (χ2n) is 12.5. The van der Waals surface area contributed by atoms with Crippen LogP contribution in [0.4, 0.5) is 5.69 Å². The lowest BCUT2D eigenvalue weighted by Crippen LogP contribution is -2.34. The Hall–Kier alpha value is -4.88. The summed E-state index contributed by atoms with van der Waals surface area (Å²) in [4.78, 5) is 15.7. The minimum absolute atomic E-state index is 0.393. The van der Waals surface area contributed by atoms with E-state index in [-0.39, 0.29) is 0 Å². The molecule has 1 saturated heterocycles. The van der Waals surface area contributed by atoms with E-state index in [4.69, 9.17) is 9.47 Å². The number of fused-ring (bicyclic) bond motifs is 3. The molecule has 4 nitrogen and oxygen atoms in total. The summed E-state index contributed by atoms with van der Waals surface area (Å²) in [6.07, 6.45) is 6.57. The SMILES string of the molecule is COC(=O)c1cc2cc(-c3ccc(-c4ccc(I)cc4)cc3)ccc2c2c1C=CC(c1ccccc1)(c1ccc(N3CCCC3)cc1)O2. The highest BCUT2D eigenvalue weighted by molar-refractivity contribution is 14.1. The van der Waals surface area contributed by atoms with E-state index in [1.807, 2.05) is 30.3 Å². The van der Waals surface area contributed by atoms with Crippen LogP contribution in [0.5, 0.6) is 5.75 Å². The summed E-state index contributed by atoms with van der Waals surface area (Å²) in [6.45, 7) is 2.18. The van der Waals surface area contributed by atoms with Gasteiger partial charge in [0.05, 0.1) is 12.7 Å². The Morgan fingerprint density at radius 2 is 1.33 bits per heavy atom. The number of carbonyl (C=O) groups is 1. The van der Waals surface area contributed by atoms with Gasteiger partial charge in [0.15, 0.2) is 5.60 Å². The Kier molecular flexibility index (Phi) is 8.01. The molecule has 1 unspecified atom stereocenters. The van der Waals surface area contributed by atoms with E-state index in [0.29, 0.717) is 11.3 Å². The normalized spacial score (nSPS) is 16.8. The lowest BCUT2D eigenvalue weighted by atomic mass is 9.82. The van der Waals surface area contributed by atoms with E-state index >= 15 is 0 Å². The number of carbonyl (C=O) groups excluding carboxylic acids is 1. The Labute approximate surface area is 294 Å². The van der Waals surface area contributed by atoms with Gasteiger partial charge in [-0.25, -0.2) is 4.79 Å². The van der Waals surface area contributed by atoms with Gasteiger partial charge < -0.3 is 14.4 Å². The van der Waals surface area contributed by atoms with Crippen LogP contribution in [0.2, 0.25) is 0 Å². The number of nitrogens with zero attached hydrogens (tertiary/aromatic N) is 1. The summed E-state index contributed by atoms with van der Waals surface area (Å²) in [6, 6.07) is 44.6. The van der Waals surface area contributed by atoms with E-state index < -0.39 is 11.6 Å². The zero-order valence-electron chi connectivity index (χ0n) is 26.7. The van der Waals surface area contributed by atoms with Gasteiger partial charge >= 0.3 is 5.97 Å². The molecule has 0 spiro atoms. The van der Waals surface area contributed by atoms with Crippen molar-refractivity contribution in [3.63, 3.8) is 0 Å². The smallest absolute Gasteiger partial charge is 0.338 e. The summed E-state index contributed by atoms with van der Waals surface area (Å²) < 4.78 is 13.7. The quantitative estimate of drug-likeness (QED) is 0.126. The molecular weight excluding hydrogens is 705 g/mol. The maximum atomic E-state index is 13.2. The highest BCUT2D eigenvalue weighted by Crippen LogP contribution is 2.47. The maximum Gasteiger partial charge on any atom is 0.338 e. The van der Waals surface area contributed by atoms with Crippen LogP contribution in [0.3, 0.4) is 0 Å². The molecule has 0 aliphatic carbocycles. The third kappa shape index (κ3) is 5.46. The zero-order valence-corrected chi connectivity index (χ0v) is 28.8. The monoisotopic (exact) mass is 739 g/mol. The van der Waals surface area contributed by atoms with Crippen molar-refractivity contribution in [1.29, 1.82) is 0 Å². The number of ether oxygens (including phenoxy) is 2. The van der Waals surface area contributed by atoms with E-state index in [1.165, 1.54) is 40.3 Å². The summed E-state index contributed by atoms with van der Waals surface area (Å²) in [7, 11) is 1.42. The van der Waals surface area contributed by atoms with E-state index in [9.17, 15) is 4.79 Å². The molecule has 0 N–H and O–H groups in total. The fraction of sp³-hybridized carbons (Fsp3) is 0.140. The van der Waals surface area contributed by atoms with Gasteiger partial charge in [0.2, 0.25) is 0 Å². The number of anilines is 1. The highest BCUT2D eigenvalue weighted by Gasteiger charge is 2.39. The number of hydrogen-bond donors (Lipinski definition) is 0. The van der Waals surface area contributed by atoms with Gasteiger partial charge in [0, 0.05) is 44.4 Å². The van der Waals surface area contributed by atoms with Crippen molar-refractivity contribution in [2.75, 3.05) is 25.1 Å². The summed E-state index contributed by atoms with van der Waals surface area (Å²) in [5.41, 5.74) is 8.11. The van der Waals surface area contributed by atoms with Crippen molar-refractivity contribution < 1.29 is 14.3 Å². The van der Waals surface area contributed by atoms with Crippen molar-refractivity contribution in [3.8, 4) is 28.0 Å². The molecule has 0 bridgehead atoms. The van der Waals surface area contributed by atoms with Crippen LogP contribution in [0.25, 0.3) is 39.1 Å². The molecule has 6 aromatic carbocycles. The fourth-order valence-corrected chi connectivity index (χ4v) is 7.43. The first-order valence-corrected chi connectivity index (χ1v) is 17.4. The summed E-state index contributed by atoms with van der Waals surface area (Å²) in [5.74, 6) is 0.277. The minimum atomic E-state index is -0.885. The summed E-state index contributed by atoms with van der Waals surface area (Å²) in [5, 5.41) is 1.85. The van der Waals surface area contributed by atoms with Gasteiger partial charge in [-0.05, 0) is 112 Å². The van der Waals surface area contributed by atoms with Crippen molar-refractivity contribution in [1.82, 2.24) is 0 Å². The molecule has 2 aliphatic rings. The van der Waals surface area contributed by atoms with Crippen LogP contribution < -0.4 is 9.64 Å². The molecule has 0 saturated carbocycles. The van der Waals surface area contributed by atoms with E-state index in [1.54, 1.807) is 0 Å². The highest BCUT2D eigenvalue weighted by atomic mass is 127. The van der Waals surface area contributed by atoms with E-state index in [2.05, 4.69) is 137 Å². The predicted molar refractivity (Wildman–Crippen MR) is 204 cm³/mol. The van der Waals surface area contributed by atoms with Gasteiger partial charge in [0.25, 0.3) is 0 Å². The van der Waals surface area contributed by atoms with Crippen LogP contribution in [-0.4, -0.2) is 26.2 Å². The van der Waals surface area contributed by atoms with Crippen molar-refractivity contribution in [2.24, 2.45) is 0 Å². The molecule has 1 atom stereocenters. The first-order chi connectivity index (χ1) is 23.5. The van der Waals surface area contributed by atoms with Crippen LogP contribution in [0.15, 0.2) is 133 Å². The first kappa shape index (κ1) is 30.5. The van der Waals surface area contributed by atoms with E-state index in [0.717, 1.165) is 51.7 Å². The molecule has 1 fully saturated rings. The second kappa shape index (κ2) is 12.6. The average Bonchev–Trinajstić information content (AvgIpc) is 3.70. The Balaban J connectivity index is 1.23. The standard InChI is InChI=1S/C43H34INO3/c1-47-42(46)40-28-33-27-32(31-11-9-29(10-12-31)30-13-18-36(44)19-14-30)15-22-38(33)41-39(40)23-24-43(48-41,34-7-3-2-4-8-34)35-16-20-37(21-17-35)45-25-5-6-26-45/h2-4,7-24,27-28H,5-6,25-26H2,1H3. The van der Waals surface area contributed by atoms with Crippen LogP contribution in [0.1, 0.15) is 39.9 Å². The number of rotatable bonds is 6. The molecule has 2 heterocycles. The number of halogens is 1. The van der Waals surface area contributed by atoms with Crippen LogP contribution in [-0.2, 0) is 10.3 Å². The number of hydrogen-bond acceptors (Lipinski definition) is 4. The van der Waals surface area contributed by atoms with Gasteiger partial charge in [0.1, 0.15) is 5.75 Å². The van der Waals surface area contributed by atoms with Crippen molar-refractivity contribution in [3.05, 3.63) is 159 Å². The molecular formula is C43H34INO3. The molecule has 0 amide bonds. The fourth-order valence-electron chi connectivity index (χ4n) is 7.07. The lowest BCUT2D eigenvalue weighted by Gasteiger charge is -2.37. The Bertz CT molecular complexity index is 2150. The molecule has 5 heteroatoms. The third-order valence-electron chi connectivity index (χ3n) is 9.65. The molecule has 2 aliphatic heterocycles. The minimum Gasteiger partial charge on any atom is -0.472 e. The zero-order chi connectivity index (χ0) is 32.7. The first-order valence-electron chi connectivity index (χ1n) is 16.4. The number of methoxy groups -OCH3 is 1. The Morgan fingerprint density at radius 3 is 2.00 bits per heavy atom. The lowest BCUT2D eigenvalue weighted by molar-refractivity contribution is 0.0599. The van der Waals surface area contributed by atoms with Gasteiger partial charge in [-0.3, -0.25) is 0 Å². The average molecular weight is 740 g/mol. The topological polar surface area (TPSA) is 38.8 Å². The second-order valence-corrected chi connectivity index (χ2v) is 13.7. The molecule has 0 radical (unpaired) electrons. The molecule has 236 valence electrons. The maximum absolute atomic E-state index is 13.2. The molecule has 0 aromatic heterocycles. The number of esters is 1. The molecule has 8 rings (SSSR count). The predicted octanol–water partition coefficient (Wildman–Crippen LogP) is 10.5. The molecule has 6 aromatic rings. The molecule has 48 heavy (non-hydrogen) atoms. The summed E-state index contributed by atoms with van der Waals surface area (Å²) >= 11 is 2.33. The largest absolute Gasteiger partial charge is 0.472 e. The van der Waals surface area contributed by atoms with Crippen molar-refractivity contribution >= 4 is 51.1 Å². The van der Waals surface area contributed by atoms with Crippen molar-refractivity contribution in [2.45, 2.75) is 18.4 Å². The van der Waals surface area contributed by atoms with Crippen LogP contribution in [0, 0.1) is 3.57 Å². The van der Waals surface area contributed by atoms with Gasteiger partial charge in [-0.15, -0.1) is 0 Å². The van der Waals surface area contributed by atoms with Crippen LogP contribution >= 0.6 is 22.6 Å². The van der Waals surface area contributed by atoms with Gasteiger partial charge in [-0.2, -0.15) is 0 Å².